The fraction of sp³-hybridized carbons (Fsp3) is 0.235. The van der Waals surface area contributed by atoms with Gasteiger partial charge in [-0.3, -0.25) is 4.79 Å². The molecule has 0 spiro atoms. The van der Waals surface area contributed by atoms with Gasteiger partial charge in [0.15, 0.2) is 0 Å². The van der Waals surface area contributed by atoms with Crippen molar-refractivity contribution in [1.82, 2.24) is 5.32 Å². The van der Waals surface area contributed by atoms with Crippen molar-refractivity contribution in [1.29, 1.82) is 0 Å². The van der Waals surface area contributed by atoms with E-state index in [0.717, 1.165) is 11.1 Å². The van der Waals surface area contributed by atoms with E-state index < -0.39 is 0 Å². The topological polar surface area (TPSA) is 75.4 Å². The average molecular weight is 284 g/mol. The van der Waals surface area contributed by atoms with E-state index >= 15 is 0 Å². The van der Waals surface area contributed by atoms with Crippen molar-refractivity contribution in [3.05, 3.63) is 71.3 Å². The fourth-order valence-corrected chi connectivity index (χ4v) is 2.12. The Balaban J connectivity index is 1.98. The summed E-state index contributed by atoms with van der Waals surface area (Å²) in [6.07, 6.45) is 0.601. The van der Waals surface area contributed by atoms with Crippen molar-refractivity contribution in [3.63, 3.8) is 0 Å². The zero-order valence-corrected chi connectivity index (χ0v) is 11.8. The first-order valence-electron chi connectivity index (χ1n) is 6.97. The second kappa shape index (κ2) is 7.57. The van der Waals surface area contributed by atoms with Crippen LogP contribution in [-0.2, 0) is 13.0 Å². The molecule has 0 saturated carbocycles. The monoisotopic (exact) mass is 284 g/mol. The molecule has 2 aromatic carbocycles. The molecule has 110 valence electrons. The normalized spacial score (nSPS) is 11.9. The van der Waals surface area contributed by atoms with Crippen LogP contribution >= 0.6 is 0 Å². The highest BCUT2D eigenvalue weighted by Crippen LogP contribution is 2.06. The molecule has 0 bridgehead atoms. The molecule has 4 nitrogen and oxygen atoms in total. The van der Waals surface area contributed by atoms with E-state index in [1.54, 1.807) is 12.1 Å². The standard InChI is InChI=1S/C17H20N2O2/c18-11-14-6-8-15(9-7-14)17(21)19-16(12-20)10-13-4-2-1-3-5-13/h1-9,16,20H,10-12,18H2,(H,19,21)/t16-/m0/s1. The van der Waals surface area contributed by atoms with Gasteiger partial charge >= 0.3 is 0 Å². The van der Waals surface area contributed by atoms with Crippen LogP contribution in [0.2, 0.25) is 0 Å². The molecular weight excluding hydrogens is 264 g/mol. The van der Waals surface area contributed by atoms with E-state index in [-0.39, 0.29) is 18.6 Å². The number of carbonyl (C=O) groups is 1. The van der Waals surface area contributed by atoms with Gasteiger partial charge in [-0.05, 0) is 29.7 Å². The summed E-state index contributed by atoms with van der Waals surface area (Å²) < 4.78 is 0. The van der Waals surface area contributed by atoms with Gasteiger partial charge in [-0.15, -0.1) is 0 Å². The average Bonchev–Trinajstić information content (AvgIpc) is 2.55. The highest BCUT2D eigenvalue weighted by molar-refractivity contribution is 5.94. The maximum Gasteiger partial charge on any atom is 0.251 e. The highest BCUT2D eigenvalue weighted by Gasteiger charge is 2.13. The summed E-state index contributed by atoms with van der Waals surface area (Å²) in [7, 11) is 0. The van der Waals surface area contributed by atoms with Crippen LogP contribution in [-0.4, -0.2) is 23.7 Å². The quantitative estimate of drug-likeness (QED) is 0.752. The molecule has 0 heterocycles. The van der Waals surface area contributed by atoms with Crippen molar-refractivity contribution < 1.29 is 9.90 Å². The molecule has 1 amide bonds. The summed E-state index contributed by atoms with van der Waals surface area (Å²) in [5, 5.41) is 12.3. The Morgan fingerprint density at radius 1 is 1.05 bits per heavy atom. The molecule has 4 N–H and O–H groups in total. The third kappa shape index (κ3) is 4.41. The second-order valence-corrected chi connectivity index (χ2v) is 4.94. The molecule has 0 aliphatic carbocycles. The summed E-state index contributed by atoms with van der Waals surface area (Å²) >= 11 is 0. The van der Waals surface area contributed by atoms with Crippen LogP contribution in [0.5, 0.6) is 0 Å². The number of amides is 1. The van der Waals surface area contributed by atoms with Crippen LogP contribution in [0, 0.1) is 0 Å². The molecule has 0 aliphatic rings. The van der Waals surface area contributed by atoms with E-state index in [0.29, 0.717) is 18.5 Å². The largest absolute Gasteiger partial charge is 0.394 e. The van der Waals surface area contributed by atoms with Crippen molar-refractivity contribution in [2.75, 3.05) is 6.61 Å². The maximum absolute atomic E-state index is 12.2. The summed E-state index contributed by atoms with van der Waals surface area (Å²) in [5.74, 6) is -0.187. The molecule has 2 rings (SSSR count). The zero-order valence-electron chi connectivity index (χ0n) is 11.8. The lowest BCUT2D eigenvalue weighted by Gasteiger charge is -2.16. The lowest BCUT2D eigenvalue weighted by molar-refractivity contribution is 0.0916. The van der Waals surface area contributed by atoms with Gasteiger partial charge in [0.25, 0.3) is 5.91 Å². The summed E-state index contributed by atoms with van der Waals surface area (Å²) in [5.41, 5.74) is 8.16. The molecule has 0 saturated heterocycles. The van der Waals surface area contributed by atoms with Crippen molar-refractivity contribution in [3.8, 4) is 0 Å². The van der Waals surface area contributed by atoms with Crippen LogP contribution < -0.4 is 11.1 Å². The van der Waals surface area contributed by atoms with Gasteiger partial charge in [-0.1, -0.05) is 42.5 Å². The van der Waals surface area contributed by atoms with Gasteiger partial charge in [0.1, 0.15) is 0 Å². The summed E-state index contributed by atoms with van der Waals surface area (Å²) in [6, 6.07) is 16.6. The number of hydrogen-bond donors (Lipinski definition) is 3. The molecule has 0 unspecified atom stereocenters. The van der Waals surface area contributed by atoms with Crippen LogP contribution in [0.4, 0.5) is 0 Å². The molecule has 1 atom stereocenters. The minimum absolute atomic E-state index is 0.0957. The minimum atomic E-state index is -0.297. The summed E-state index contributed by atoms with van der Waals surface area (Å²) in [6.45, 7) is 0.358. The first-order valence-corrected chi connectivity index (χ1v) is 6.97. The van der Waals surface area contributed by atoms with Crippen molar-refractivity contribution in [2.24, 2.45) is 5.73 Å². The summed E-state index contributed by atoms with van der Waals surface area (Å²) in [4.78, 5) is 12.2. The molecule has 2 aromatic rings. The number of carbonyl (C=O) groups excluding carboxylic acids is 1. The van der Waals surface area contributed by atoms with Crippen molar-refractivity contribution >= 4 is 5.91 Å². The first kappa shape index (κ1) is 15.2. The van der Waals surface area contributed by atoms with Gasteiger partial charge in [0.05, 0.1) is 12.6 Å². The predicted octanol–water partition coefficient (Wildman–Crippen LogP) is 1.48. The number of aliphatic hydroxyl groups is 1. The second-order valence-electron chi connectivity index (χ2n) is 4.94. The van der Waals surface area contributed by atoms with Crippen LogP contribution in [0.1, 0.15) is 21.5 Å². The van der Waals surface area contributed by atoms with Crippen LogP contribution in [0.25, 0.3) is 0 Å². The minimum Gasteiger partial charge on any atom is -0.394 e. The Hall–Kier alpha value is -2.17. The van der Waals surface area contributed by atoms with E-state index in [1.165, 1.54) is 0 Å². The Labute approximate surface area is 124 Å². The molecule has 0 aliphatic heterocycles. The van der Waals surface area contributed by atoms with E-state index in [1.807, 2.05) is 42.5 Å². The Kier molecular flexibility index (Phi) is 5.49. The maximum atomic E-state index is 12.2. The van der Waals surface area contributed by atoms with Crippen LogP contribution in [0.3, 0.4) is 0 Å². The molecular formula is C17H20N2O2. The van der Waals surface area contributed by atoms with Gasteiger partial charge in [-0.25, -0.2) is 0 Å². The number of hydrogen-bond acceptors (Lipinski definition) is 3. The molecule has 0 fully saturated rings. The zero-order chi connectivity index (χ0) is 15.1. The van der Waals surface area contributed by atoms with Gasteiger partial charge in [0.2, 0.25) is 0 Å². The van der Waals surface area contributed by atoms with Crippen LogP contribution in [0.15, 0.2) is 54.6 Å². The number of nitrogens with one attached hydrogen (secondary N) is 1. The first-order chi connectivity index (χ1) is 10.2. The molecule has 21 heavy (non-hydrogen) atoms. The van der Waals surface area contributed by atoms with E-state index in [9.17, 15) is 9.90 Å². The number of aliphatic hydroxyl groups excluding tert-OH is 1. The Morgan fingerprint density at radius 2 is 1.71 bits per heavy atom. The lowest BCUT2D eigenvalue weighted by atomic mass is 10.1. The third-order valence-electron chi connectivity index (χ3n) is 3.33. The highest BCUT2D eigenvalue weighted by atomic mass is 16.3. The van der Waals surface area contributed by atoms with Gasteiger partial charge in [-0.2, -0.15) is 0 Å². The molecule has 0 radical (unpaired) electrons. The van der Waals surface area contributed by atoms with Crippen molar-refractivity contribution in [2.45, 2.75) is 19.0 Å². The van der Waals surface area contributed by atoms with E-state index in [2.05, 4.69) is 5.32 Å². The fourth-order valence-electron chi connectivity index (χ4n) is 2.12. The molecule has 0 aromatic heterocycles. The number of benzene rings is 2. The SMILES string of the molecule is NCc1ccc(C(=O)N[C@H](CO)Cc2ccccc2)cc1. The molecule has 4 heteroatoms. The smallest absolute Gasteiger partial charge is 0.251 e. The van der Waals surface area contributed by atoms with Gasteiger partial charge in [0, 0.05) is 12.1 Å². The third-order valence-corrected chi connectivity index (χ3v) is 3.33. The Morgan fingerprint density at radius 3 is 2.29 bits per heavy atom. The van der Waals surface area contributed by atoms with E-state index in [4.69, 9.17) is 5.73 Å². The Bertz CT molecular complexity index is 567. The predicted molar refractivity (Wildman–Crippen MR) is 82.8 cm³/mol. The van der Waals surface area contributed by atoms with Gasteiger partial charge < -0.3 is 16.2 Å². The number of nitrogens with two attached hydrogens (primary N) is 1. The number of rotatable bonds is 6. The lowest BCUT2D eigenvalue weighted by Crippen LogP contribution is -2.39.